The summed E-state index contributed by atoms with van der Waals surface area (Å²) in [5.41, 5.74) is 2.01. The average molecular weight is 252 g/mol. The second-order valence-corrected chi connectivity index (χ2v) is 3.71. The van der Waals surface area contributed by atoms with Gasteiger partial charge in [0.05, 0.1) is 12.6 Å². The van der Waals surface area contributed by atoms with Crippen LogP contribution >= 0.6 is 11.6 Å². The minimum atomic E-state index is 0.625. The zero-order valence-corrected chi connectivity index (χ0v) is 11.5. The standard InChI is InChI=1S/C12H12ClNO.C2H6/c1-3-9-10(13)6-4-8-5-7-11(15-2)14-12(8)9;1-2/h4-7H,3H2,1-2H3;1-2H3. The fraction of sp³-hybridized carbons (Fsp3) is 0.357. The lowest BCUT2D eigenvalue weighted by Crippen LogP contribution is -1.92. The van der Waals surface area contributed by atoms with Crippen molar-refractivity contribution in [1.82, 2.24) is 4.98 Å². The van der Waals surface area contributed by atoms with Crippen molar-refractivity contribution < 1.29 is 4.74 Å². The average Bonchev–Trinajstić information content (AvgIpc) is 2.40. The van der Waals surface area contributed by atoms with Crippen LogP contribution in [0.15, 0.2) is 24.3 Å². The molecule has 0 unspecified atom stereocenters. The predicted molar refractivity (Wildman–Crippen MR) is 74.0 cm³/mol. The van der Waals surface area contributed by atoms with Crippen LogP contribution in [-0.4, -0.2) is 12.1 Å². The van der Waals surface area contributed by atoms with Crippen LogP contribution in [-0.2, 0) is 6.42 Å². The molecule has 0 radical (unpaired) electrons. The van der Waals surface area contributed by atoms with Crippen LogP contribution in [0.25, 0.3) is 10.9 Å². The highest BCUT2D eigenvalue weighted by Gasteiger charge is 2.06. The molecule has 1 heterocycles. The van der Waals surface area contributed by atoms with Gasteiger partial charge >= 0.3 is 0 Å². The summed E-state index contributed by atoms with van der Waals surface area (Å²) in [4.78, 5) is 4.42. The van der Waals surface area contributed by atoms with E-state index in [0.717, 1.165) is 27.9 Å². The molecule has 92 valence electrons. The van der Waals surface area contributed by atoms with E-state index in [9.17, 15) is 0 Å². The number of methoxy groups -OCH3 is 1. The van der Waals surface area contributed by atoms with Crippen molar-refractivity contribution in [2.24, 2.45) is 0 Å². The Labute approximate surface area is 108 Å². The van der Waals surface area contributed by atoms with Crippen molar-refractivity contribution in [3.63, 3.8) is 0 Å². The van der Waals surface area contributed by atoms with E-state index in [1.165, 1.54) is 0 Å². The van der Waals surface area contributed by atoms with Gasteiger partial charge in [0.15, 0.2) is 0 Å². The highest BCUT2D eigenvalue weighted by atomic mass is 35.5. The molecular weight excluding hydrogens is 234 g/mol. The monoisotopic (exact) mass is 251 g/mol. The van der Waals surface area contributed by atoms with Crippen molar-refractivity contribution in [3.05, 3.63) is 34.9 Å². The first-order valence-corrected chi connectivity index (χ1v) is 6.26. The zero-order valence-electron chi connectivity index (χ0n) is 10.7. The quantitative estimate of drug-likeness (QED) is 0.785. The molecule has 0 aliphatic carbocycles. The fourth-order valence-electron chi connectivity index (χ4n) is 1.65. The third-order valence-corrected chi connectivity index (χ3v) is 2.80. The van der Waals surface area contributed by atoms with Crippen LogP contribution in [0.1, 0.15) is 26.3 Å². The molecule has 0 aliphatic rings. The lowest BCUT2D eigenvalue weighted by atomic mass is 10.1. The number of fused-ring (bicyclic) bond motifs is 1. The van der Waals surface area contributed by atoms with E-state index in [1.807, 2.05) is 38.1 Å². The molecule has 2 aromatic rings. The lowest BCUT2D eigenvalue weighted by molar-refractivity contribution is 0.399. The Bertz CT molecular complexity index is 497. The molecule has 0 amide bonds. The molecule has 0 aliphatic heterocycles. The number of rotatable bonds is 2. The van der Waals surface area contributed by atoms with Gasteiger partial charge in [0.1, 0.15) is 0 Å². The minimum absolute atomic E-state index is 0.625. The van der Waals surface area contributed by atoms with E-state index in [0.29, 0.717) is 5.88 Å². The van der Waals surface area contributed by atoms with Gasteiger partial charge in [-0.2, -0.15) is 0 Å². The van der Waals surface area contributed by atoms with Gasteiger partial charge in [0.25, 0.3) is 0 Å². The molecule has 0 fully saturated rings. The Hall–Kier alpha value is -1.28. The first-order chi connectivity index (χ1) is 8.26. The smallest absolute Gasteiger partial charge is 0.213 e. The number of benzene rings is 1. The summed E-state index contributed by atoms with van der Waals surface area (Å²) in [6, 6.07) is 7.74. The first kappa shape index (κ1) is 13.8. The van der Waals surface area contributed by atoms with Crippen molar-refractivity contribution in [3.8, 4) is 5.88 Å². The van der Waals surface area contributed by atoms with E-state index in [-0.39, 0.29) is 0 Å². The van der Waals surface area contributed by atoms with Crippen LogP contribution in [0, 0.1) is 0 Å². The van der Waals surface area contributed by atoms with Gasteiger partial charge in [-0.3, -0.25) is 0 Å². The number of hydrogen-bond acceptors (Lipinski definition) is 2. The largest absolute Gasteiger partial charge is 0.481 e. The summed E-state index contributed by atoms with van der Waals surface area (Å²) in [5.74, 6) is 0.625. The van der Waals surface area contributed by atoms with Gasteiger partial charge in [0, 0.05) is 16.5 Å². The minimum Gasteiger partial charge on any atom is -0.481 e. The molecule has 1 aromatic carbocycles. The maximum absolute atomic E-state index is 6.12. The number of nitrogens with zero attached hydrogens (tertiary/aromatic N) is 1. The SMILES string of the molecule is CC.CCc1c(Cl)ccc2ccc(OC)nc12. The fourth-order valence-corrected chi connectivity index (χ4v) is 1.94. The van der Waals surface area contributed by atoms with Crippen LogP contribution in [0.3, 0.4) is 0 Å². The maximum Gasteiger partial charge on any atom is 0.213 e. The molecule has 3 heteroatoms. The Morgan fingerprint density at radius 3 is 2.41 bits per heavy atom. The Kier molecular flexibility index (Phi) is 5.23. The molecular formula is C14H18ClNO. The molecule has 0 spiro atoms. The molecule has 2 rings (SSSR count). The Balaban J connectivity index is 0.000000686. The van der Waals surface area contributed by atoms with Gasteiger partial charge < -0.3 is 4.74 Å². The van der Waals surface area contributed by atoms with Crippen LogP contribution < -0.4 is 4.74 Å². The molecule has 2 nitrogen and oxygen atoms in total. The van der Waals surface area contributed by atoms with E-state index < -0.39 is 0 Å². The van der Waals surface area contributed by atoms with E-state index in [1.54, 1.807) is 7.11 Å². The van der Waals surface area contributed by atoms with Gasteiger partial charge in [0.2, 0.25) is 5.88 Å². The first-order valence-electron chi connectivity index (χ1n) is 5.88. The van der Waals surface area contributed by atoms with E-state index in [4.69, 9.17) is 16.3 Å². The van der Waals surface area contributed by atoms with Gasteiger partial charge in [-0.15, -0.1) is 0 Å². The molecule has 0 N–H and O–H groups in total. The normalized spacial score (nSPS) is 9.71. The highest BCUT2D eigenvalue weighted by molar-refractivity contribution is 6.32. The molecule has 1 aromatic heterocycles. The third kappa shape index (κ3) is 2.89. The molecule has 0 bridgehead atoms. The summed E-state index contributed by atoms with van der Waals surface area (Å²) in [7, 11) is 1.62. The van der Waals surface area contributed by atoms with E-state index >= 15 is 0 Å². The number of aromatic nitrogens is 1. The highest BCUT2D eigenvalue weighted by Crippen LogP contribution is 2.26. The van der Waals surface area contributed by atoms with Crippen molar-refractivity contribution in [2.45, 2.75) is 27.2 Å². The predicted octanol–water partition coefficient (Wildman–Crippen LogP) is 4.49. The van der Waals surface area contributed by atoms with Crippen molar-refractivity contribution >= 4 is 22.5 Å². The van der Waals surface area contributed by atoms with E-state index in [2.05, 4.69) is 11.9 Å². The number of aryl methyl sites for hydroxylation is 1. The summed E-state index contributed by atoms with van der Waals surface area (Å²) in [5, 5.41) is 1.86. The molecule has 0 atom stereocenters. The maximum atomic E-state index is 6.12. The number of halogens is 1. The molecule has 17 heavy (non-hydrogen) atoms. The summed E-state index contributed by atoms with van der Waals surface area (Å²) < 4.78 is 5.11. The number of hydrogen-bond donors (Lipinski definition) is 0. The second kappa shape index (κ2) is 6.45. The van der Waals surface area contributed by atoms with Gasteiger partial charge in [-0.1, -0.05) is 38.4 Å². The van der Waals surface area contributed by atoms with Crippen molar-refractivity contribution in [2.75, 3.05) is 7.11 Å². The number of ether oxygens (including phenoxy) is 1. The summed E-state index contributed by atoms with van der Waals surface area (Å²) in [6.07, 6.45) is 0.871. The third-order valence-electron chi connectivity index (χ3n) is 2.45. The Morgan fingerprint density at radius 2 is 1.82 bits per heavy atom. The summed E-state index contributed by atoms with van der Waals surface area (Å²) >= 11 is 6.12. The van der Waals surface area contributed by atoms with Crippen LogP contribution in [0.2, 0.25) is 5.02 Å². The Morgan fingerprint density at radius 1 is 1.18 bits per heavy atom. The summed E-state index contributed by atoms with van der Waals surface area (Å²) in [6.45, 7) is 6.07. The number of pyridine rings is 1. The zero-order chi connectivity index (χ0) is 12.8. The van der Waals surface area contributed by atoms with Gasteiger partial charge in [-0.05, 0) is 24.1 Å². The molecule has 0 saturated carbocycles. The van der Waals surface area contributed by atoms with Gasteiger partial charge in [-0.25, -0.2) is 4.98 Å². The lowest BCUT2D eigenvalue weighted by Gasteiger charge is -2.07. The topological polar surface area (TPSA) is 22.1 Å². The second-order valence-electron chi connectivity index (χ2n) is 3.30. The van der Waals surface area contributed by atoms with Crippen LogP contribution in [0.4, 0.5) is 0 Å². The molecule has 0 saturated heterocycles. The van der Waals surface area contributed by atoms with Crippen molar-refractivity contribution in [1.29, 1.82) is 0 Å². The van der Waals surface area contributed by atoms with Crippen LogP contribution in [0.5, 0.6) is 5.88 Å².